The Morgan fingerprint density at radius 1 is 0.828 bits per heavy atom. The van der Waals surface area contributed by atoms with Crippen LogP contribution in [0, 0.1) is 0 Å². The maximum absolute atomic E-state index is 11.5. The number of hydrogen-bond acceptors (Lipinski definition) is 11. The second kappa shape index (κ2) is 10.1. The Kier molecular flexibility index (Phi) is 8.28. The van der Waals surface area contributed by atoms with Crippen molar-refractivity contribution in [2.24, 2.45) is 0 Å². The van der Waals surface area contributed by atoms with Crippen molar-refractivity contribution in [1.82, 2.24) is 10.6 Å². The predicted octanol–water partition coefficient (Wildman–Crippen LogP) is -5.11. The van der Waals surface area contributed by atoms with Crippen LogP contribution in [0.15, 0.2) is 0 Å². The zero-order valence-electron chi connectivity index (χ0n) is 15.9. The Labute approximate surface area is 166 Å². The topological polar surface area (TPSA) is 207 Å². The molecule has 0 radical (unpaired) electrons. The van der Waals surface area contributed by atoms with Crippen LogP contribution in [-0.2, 0) is 23.8 Å². The van der Waals surface area contributed by atoms with Gasteiger partial charge in [0, 0.05) is 13.8 Å². The third-order valence-corrected chi connectivity index (χ3v) is 4.78. The van der Waals surface area contributed by atoms with Gasteiger partial charge < -0.3 is 55.5 Å². The number of hydrogen-bond donors (Lipinski definition) is 8. The molecule has 1 unspecified atom stereocenters. The zero-order chi connectivity index (χ0) is 21.9. The van der Waals surface area contributed by atoms with Crippen molar-refractivity contribution >= 4 is 11.8 Å². The number of aliphatic hydroxyl groups is 6. The van der Waals surface area contributed by atoms with E-state index >= 15 is 0 Å². The molecule has 168 valence electrons. The van der Waals surface area contributed by atoms with Crippen molar-refractivity contribution < 1.29 is 54.4 Å². The molecule has 13 heteroatoms. The Morgan fingerprint density at radius 3 is 1.86 bits per heavy atom. The van der Waals surface area contributed by atoms with Crippen LogP contribution in [0.4, 0.5) is 0 Å². The highest BCUT2D eigenvalue weighted by molar-refractivity contribution is 5.73. The number of carbonyl (C=O) groups excluding carboxylic acids is 2. The van der Waals surface area contributed by atoms with Gasteiger partial charge in [-0.2, -0.15) is 0 Å². The molecule has 2 aliphatic heterocycles. The van der Waals surface area contributed by atoms with E-state index in [1.165, 1.54) is 0 Å². The quantitative estimate of drug-likeness (QED) is 0.202. The molecule has 0 aromatic rings. The third kappa shape index (κ3) is 5.39. The first-order valence-corrected chi connectivity index (χ1v) is 9.05. The van der Waals surface area contributed by atoms with Gasteiger partial charge >= 0.3 is 0 Å². The van der Waals surface area contributed by atoms with E-state index in [0.29, 0.717) is 0 Å². The molecule has 0 aromatic heterocycles. The van der Waals surface area contributed by atoms with Gasteiger partial charge in [-0.05, 0) is 0 Å². The number of carbonyl (C=O) groups is 2. The molecular weight excluding hydrogens is 396 g/mol. The summed E-state index contributed by atoms with van der Waals surface area (Å²) in [5.74, 6) is -1.16. The normalized spacial score (nSPS) is 42.9. The minimum atomic E-state index is -1.66. The van der Waals surface area contributed by atoms with Gasteiger partial charge in [0.15, 0.2) is 12.6 Å². The summed E-state index contributed by atoms with van der Waals surface area (Å²) >= 11 is 0. The van der Waals surface area contributed by atoms with Crippen LogP contribution in [0.3, 0.4) is 0 Å². The molecule has 10 atom stereocenters. The molecule has 2 fully saturated rings. The Balaban J connectivity index is 2.31. The van der Waals surface area contributed by atoms with E-state index in [2.05, 4.69) is 10.6 Å². The lowest BCUT2D eigenvalue weighted by atomic mass is 9.94. The Morgan fingerprint density at radius 2 is 1.34 bits per heavy atom. The van der Waals surface area contributed by atoms with Crippen molar-refractivity contribution in [3.05, 3.63) is 0 Å². The fourth-order valence-electron chi connectivity index (χ4n) is 3.38. The van der Waals surface area contributed by atoms with E-state index in [0.717, 1.165) is 13.8 Å². The molecular formula is C16H28N2O11. The SMILES string of the molecule is CC(=O)N[C@H]1[C@@H](O[C@H]2[C@H](O)[C@@H](CO)OC(O)[C@@H]2NC(C)=O)O[C@H](CO)[C@H](O)[C@@H]1O. The van der Waals surface area contributed by atoms with E-state index < -0.39 is 86.3 Å². The van der Waals surface area contributed by atoms with E-state index in [1.807, 2.05) is 0 Å². The van der Waals surface area contributed by atoms with E-state index in [-0.39, 0.29) is 0 Å². The van der Waals surface area contributed by atoms with Crippen molar-refractivity contribution in [2.45, 2.75) is 75.1 Å². The van der Waals surface area contributed by atoms with Crippen LogP contribution in [-0.4, -0.2) is 117 Å². The first kappa shape index (κ1) is 23.9. The zero-order valence-corrected chi connectivity index (χ0v) is 15.9. The molecule has 2 saturated heterocycles. The highest BCUT2D eigenvalue weighted by Gasteiger charge is 2.51. The molecule has 2 rings (SSSR count). The number of ether oxygens (including phenoxy) is 3. The molecule has 0 bridgehead atoms. The van der Waals surface area contributed by atoms with Gasteiger partial charge in [-0.1, -0.05) is 0 Å². The summed E-state index contributed by atoms with van der Waals surface area (Å²) in [6, 6.07) is -2.59. The summed E-state index contributed by atoms with van der Waals surface area (Å²) in [5, 5.41) is 64.5. The van der Waals surface area contributed by atoms with Gasteiger partial charge in [-0.3, -0.25) is 9.59 Å². The molecule has 0 spiro atoms. The van der Waals surface area contributed by atoms with Crippen LogP contribution in [0.1, 0.15) is 13.8 Å². The predicted molar refractivity (Wildman–Crippen MR) is 91.8 cm³/mol. The summed E-state index contributed by atoms with van der Waals surface area (Å²) in [5.41, 5.74) is 0. The summed E-state index contributed by atoms with van der Waals surface area (Å²) in [6.07, 6.45) is -11.8. The molecule has 13 nitrogen and oxygen atoms in total. The first-order chi connectivity index (χ1) is 13.6. The average Bonchev–Trinajstić information content (AvgIpc) is 2.65. The average molecular weight is 424 g/mol. The lowest BCUT2D eigenvalue weighted by molar-refractivity contribution is -0.323. The van der Waals surface area contributed by atoms with E-state index in [9.17, 15) is 40.2 Å². The van der Waals surface area contributed by atoms with Crippen molar-refractivity contribution in [3.63, 3.8) is 0 Å². The van der Waals surface area contributed by atoms with Crippen molar-refractivity contribution in [2.75, 3.05) is 13.2 Å². The maximum atomic E-state index is 11.5. The van der Waals surface area contributed by atoms with Crippen LogP contribution >= 0.6 is 0 Å². The molecule has 0 saturated carbocycles. The van der Waals surface area contributed by atoms with Crippen LogP contribution < -0.4 is 10.6 Å². The van der Waals surface area contributed by atoms with Crippen molar-refractivity contribution in [3.8, 4) is 0 Å². The van der Waals surface area contributed by atoms with Gasteiger partial charge in [0.25, 0.3) is 0 Å². The summed E-state index contributed by atoms with van der Waals surface area (Å²) in [6.45, 7) is 0.959. The third-order valence-electron chi connectivity index (χ3n) is 4.78. The number of aliphatic hydroxyl groups excluding tert-OH is 6. The number of nitrogens with one attached hydrogen (secondary N) is 2. The van der Waals surface area contributed by atoms with E-state index in [1.54, 1.807) is 0 Å². The van der Waals surface area contributed by atoms with Gasteiger partial charge in [-0.25, -0.2) is 0 Å². The summed E-state index contributed by atoms with van der Waals surface area (Å²) in [4.78, 5) is 23.0. The van der Waals surface area contributed by atoms with E-state index in [4.69, 9.17) is 14.2 Å². The molecule has 8 N–H and O–H groups in total. The standard InChI is InChI=1S/C16H28N2O11/c1-5(21)17-9-13(25)11(23)7(3-19)28-16(9)29-14-10(18-6(2)22)15(26)27-8(4-20)12(14)24/h7-16,19-20,23-26H,3-4H2,1-2H3,(H,17,21)(H,18,22)/t7-,8-,9-,10-,11+,12-,13-,14-,15?,16-/m1/s1. The second-order valence-corrected chi connectivity index (χ2v) is 7.00. The summed E-state index contributed by atoms with van der Waals surface area (Å²) < 4.78 is 16.2. The lowest BCUT2D eigenvalue weighted by Crippen LogP contribution is -2.69. The van der Waals surface area contributed by atoms with Crippen LogP contribution in [0.2, 0.25) is 0 Å². The van der Waals surface area contributed by atoms with Gasteiger partial charge in [0.2, 0.25) is 11.8 Å². The number of amides is 2. The van der Waals surface area contributed by atoms with Crippen LogP contribution in [0.25, 0.3) is 0 Å². The monoisotopic (exact) mass is 424 g/mol. The maximum Gasteiger partial charge on any atom is 0.217 e. The van der Waals surface area contributed by atoms with Gasteiger partial charge in [0.05, 0.1) is 13.2 Å². The molecule has 29 heavy (non-hydrogen) atoms. The molecule has 0 aliphatic carbocycles. The molecule has 2 aliphatic rings. The second-order valence-electron chi connectivity index (χ2n) is 7.00. The minimum absolute atomic E-state index is 0.576. The summed E-state index contributed by atoms with van der Waals surface area (Å²) in [7, 11) is 0. The minimum Gasteiger partial charge on any atom is -0.394 e. The van der Waals surface area contributed by atoms with Gasteiger partial charge in [-0.15, -0.1) is 0 Å². The molecule has 2 heterocycles. The first-order valence-electron chi connectivity index (χ1n) is 9.05. The molecule has 2 amide bonds. The van der Waals surface area contributed by atoms with Gasteiger partial charge in [0.1, 0.15) is 48.7 Å². The Hall–Kier alpha value is -1.42. The highest BCUT2D eigenvalue weighted by atomic mass is 16.7. The van der Waals surface area contributed by atoms with Crippen LogP contribution in [0.5, 0.6) is 0 Å². The van der Waals surface area contributed by atoms with Crippen molar-refractivity contribution in [1.29, 1.82) is 0 Å². The smallest absolute Gasteiger partial charge is 0.217 e. The lowest BCUT2D eigenvalue weighted by Gasteiger charge is -2.47. The Bertz CT molecular complexity index is 579. The molecule has 0 aromatic carbocycles. The largest absolute Gasteiger partial charge is 0.394 e. The fraction of sp³-hybridized carbons (Fsp3) is 0.875. The highest BCUT2D eigenvalue weighted by Crippen LogP contribution is 2.28. The fourth-order valence-corrected chi connectivity index (χ4v) is 3.38. The number of rotatable bonds is 6.